The van der Waals surface area contributed by atoms with Crippen LogP contribution in [0.4, 0.5) is 4.79 Å². The van der Waals surface area contributed by atoms with Gasteiger partial charge in [0, 0.05) is 11.6 Å². The number of amides is 1. The van der Waals surface area contributed by atoms with E-state index in [-0.39, 0.29) is 6.04 Å². The molecule has 0 spiro atoms. The number of hydrogen-bond acceptors (Lipinski definition) is 2. The third kappa shape index (κ3) is 4.70. The summed E-state index contributed by atoms with van der Waals surface area (Å²) in [6.07, 6.45) is -0.473. The first-order chi connectivity index (χ1) is 10.1. The normalized spacial score (nSPS) is 9.67. The molecule has 2 aromatic rings. The third-order valence-electron chi connectivity index (χ3n) is 2.61. The van der Waals surface area contributed by atoms with Gasteiger partial charge in [-0.2, -0.15) is 0 Å². The molecule has 0 radical (unpaired) electrons. The van der Waals surface area contributed by atoms with Gasteiger partial charge in [0.2, 0.25) is 0 Å². The number of rotatable bonds is 2. The Kier molecular flexibility index (Phi) is 5.00. The molecule has 0 aliphatic heterocycles. The van der Waals surface area contributed by atoms with E-state index in [1.807, 2.05) is 62.4 Å². The molecule has 0 unspecified atom stereocenters. The highest BCUT2D eigenvalue weighted by molar-refractivity contribution is 5.71. The van der Waals surface area contributed by atoms with Crippen molar-refractivity contribution in [3.8, 4) is 17.6 Å². The van der Waals surface area contributed by atoms with E-state index in [4.69, 9.17) is 4.74 Å². The SMILES string of the molecule is CC(C)NC(=O)Oc1ccccc1C#Cc1ccccc1. The van der Waals surface area contributed by atoms with Crippen molar-refractivity contribution in [1.29, 1.82) is 0 Å². The molecule has 106 valence electrons. The van der Waals surface area contributed by atoms with E-state index < -0.39 is 6.09 Å². The molecule has 1 N–H and O–H groups in total. The quantitative estimate of drug-likeness (QED) is 0.853. The van der Waals surface area contributed by atoms with Crippen LogP contribution in [0.5, 0.6) is 5.75 Å². The first kappa shape index (κ1) is 14.7. The van der Waals surface area contributed by atoms with Gasteiger partial charge in [0.05, 0.1) is 5.56 Å². The van der Waals surface area contributed by atoms with Crippen LogP contribution in [-0.2, 0) is 0 Å². The van der Waals surface area contributed by atoms with Gasteiger partial charge in [-0.05, 0) is 38.1 Å². The van der Waals surface area contributed by atoms with Crippen LogP contribution in [0.25, 0.3) is 0 Å². The summed E-state index contributed by atoms with van der Waals surface area (Å²) < 4.78 is 5.29. The predicted molar refractivity (Wildman–Crippen MR) is 83.2 cm³/mol. The van der Waals surface area contributed by atoms with Crippen LogP contribution in [0.15, 0.2) is 54.6 Å². The molecule has 21 heavy (non-hydrogen) atoms. The van der Waals surface area contributed by atoms with Gasteiger partial charge in [-0.3, -0.25) is 0 Å². The van der Waals surface area contributed by atoms with Crippen molar-refractivity contribution < 1.29 is 9.53 Å². The number of ether oxygens (including phenoxy) is 1. The molecule has 0 saturated heterocycles. The Morgan fingerprint density at radius 1 is 1.00 bits per heavy atom. The van der Waals surface area contributed by atoms with Gasteiger partial charge in [-0.15, -0.1) is 0 Å². The molecule has 0 atom stereocenters. The molecular formula is C18H17NO2. The Bertz CT molecular complexity index is 666. The molecule has 3 heteroatoms. The lowest BCUT2D eigenvalue weighted by atomic mass is 10.1. The Morgan fingerprint density at radius 2 is 1.67 bits per heavy atom. The molecular weight excluding hydrogens is 262 g/mol. The number of benzene rings is 2. The number of carbonyl (C=O) groups excluding carboxylic acids is 1. The van der Waals surface area contributed by atoms with Crippen LogP contribution in [0.2, 0.25) is 0 Å². The molecule has 0 heterocycles. The van der Waals surface area contributed by atoms with Crippen LogP contribution < -0.4 is 10.1 Å². The van der Waals surface area contributed by atoms with Crippen molar-refractivity contribution in [3.05, 3.63) is 65.7 Å². The summed E-state index contributed by atoms with van der Waals surface area (Å²) >= 11 is 0. The molecule has 0 bridgehead atoms. The van der Waals surface area contributed by atoms with Gasteiger partial charge in [0.1, 0.15) is 5.75 Å². The minimum absolute atomic E-state index is 0.0278. The summed E-state index contributed by atoms with van der Waals surface area (Å²) in [4.78, 5) is 11.7. The average Bonchev–Trinajstić information content (AvgIpc) is 2.46. The van der Waals surface area contributed by atoms with Crippen molar-refractivity contribution in [2.75, 3.05) is 0 Å². The first-order valence-corrected chi connectivity index (χ1v) is 6.79. The van der Waals surface area contributed by atoms with Gasteiger partial charge in [0.15, 0.2) is 0 Å². The number of hydrogen-bond donors (Lipinski definition) is 1. The second-order valence-corrected chi connectivity index (χ2v) is 4.80. The Labute approximate surface area is 125 Å². The summed E-state index contributed by atoms with van der Waals surface area (Å²) in [5.41, 5.74) is 1.60. The summed E-state index contributed by atoms with van der Waals surface area (Å²) in [7, 11) is 0. The van der Waals surface area contributed by atoms with E-state index in [1.54, 1.807) is 6.07 Å². The molecule has 2 rings (SSSR count). The summed E-state index contributed by atoms with van der Waals surface area (Å²) in [5.74, 6) is 6.54. The van der Waals surface area contributed by atoms with E-state index in [1.165, 1.54) is 0 Å². The molecule has 0 aliphatic rings. The lowest BCUT2D eigenvalue weighted by Crippen LogP contribution is -2.32. The van der Waals surface area contributed by atoms with Crippen LogP contribution in [0, 0.1) is 11.8 Å². The lowest BCUT2D eigenvalue weighted by Gasteiger charge is -2.10. The van der Waals surface area contributed by atoms with Gasteiger partial charge in [-0.25, -0.2) is 4.79 Å². The maximum absolute atomic E-state index is 11.7. The van der Waals surface area contributed by atoms with E-state index in [2.05, 4.69) is 17.2 Å². The summed E-state index contributed by atoms with van der Waals surface area (Å²) in [5, 5.41) is 2.68. The zero-order valence-electron chi connectivity index (χ0n) is 12.1. The molecule has 1 amide bonds. The topological polar surface area (TPSA) is 38.3 Å². The monoisotopic (exact) mass is 279 g/mol. The fraction of sp³-hybridized carbons (Fsp3) is 0.167. The minimum atomic E-state index is -0.473. The van der Waals surface area contributed by atoms with Crippen molar-refractivity contribution in [3.63, 3.8) is 0 Å². The first-order valence-electron chi connectivity index (χ1n) is 6.79. The summed E-state index contributed by atoms with van der Waals surface area (Å²) in [6.45, 7) is 3.75. The fourth-order valence-electron chi connectivity index (χ4n) is 1.68. The second-order valence-electron chi connectivity index (χ2n) is 4.80. The van der Waals surface area contributed by atoms with Crippen LogP contribution >= 0.6 is 0 Å². The Balaban J connectivity index is 2.18. The average molecular weight is 279 g/mol. The fourth-order valence-corrected chi connectivity index (χ4v) is 1.68. The van der Waals surface area contributed by atoms with E-state index in [0.29, 0.717) is 11.3 Å². The second kappa shape index (κ2) is 7.16. The van der Waals surface area contributed by atoms with E-state index in [9.17, 15) is 4.79 Å². The molecule has 0 saturated carbocycles. The largest absolute Gasteiger partial charge is 0.412 e. The highest BCUT2D eigenvalue weighted by atomic mass is 16.6. The molecule has 0 aromatic heterocycles. The van der Waals surface area contributed by atoms with E-state index in [0.717, 1.165) is 5.56 Å². The summed E-state index contributed by atoms with van der Waals surface area (Å²) in [6, 6.07) is 16.9. The van der Waals surface area contributed by atoms with Crippen LogP contribution in [0.3, 0.4) is 0 Å². The third-order valence-corrected chi connectivity index (χ3v) is 2.61. The van der Waals surface area contributed by atoms with Crippen molar-refractivity contribution in [2.24, 2.45) is 0 Å². The molecule has 3 nitrogen and oxygen atoms in total. The van der Waals surface area contributed by atoms with Crippen LogP contribution in [0.1, 0.15) is 25.0 Å². The van der Waals surface area contributed by atoms with E-state index >= 15 is 0 Å². The zero-order valence-corrected chi connectivity index (χ0v) is 12.1. The van der Waals surface area contributed by atoms with Crippen LogP contribution in [-0.4, -0.2) is 12.1 Å². The number of carbonyl (C=O) groups is 1. The smallest absolute Gasteiger partial charge is 0.409 e. The van der Waals surface area contributed by atoms with Crippen molar-refractivity contribution in [1.82, 2.24) is 5.32 Å². The lowest BCUT2D eigenvalue weighted by molar-refractivity contribution is 0.197. The number of nitrogens with one attached hydrogen (secondary N) is 1. The van der Waals surface area contributed by atoms with Gasteiger partial charge in [-0.1, -0.05) is 42.2 Å². The predicted octanol–water partition coefficient (Wildman–Crippen LogP) is 3.58. The van der Waals surface area contributed by atoms with Gasteiger partial charge >= 0.3 is 6.09 Å². The van der Waals surface area contributed by atoms with Gasteiger partial charge in [0.25, 0.3) is 0 Å². The van der Waals surface area contributed by atoms with Crippen molar-refractivity contribution >= 4 is 6.09 Å². The Hall–Kier alpha value is -2.73. The molecule has 0 fully saturated rings. The molecule has 0 aliphatic carbocycles. The maximum atomic E-state index is 11.7. The maximum Gasteiger partial charge on any atom is 0.412 e. The standard InChI is InChI=1S/C18H17NO2/c1-14(2)19-18(20)21-17-11-7-6-10-16(17)13-12-15-8-4-3-5-9-15/h3-11,14H,1-2H3,(H,19,20). The Morgan fingerprint density at radius 3 is 2.38 bits per heavy atom. The van der Waals surface area contributed by atoms with Crippen molar-refractivity contribution in [2.45, 2.75) is 19.9 Å². The molecule has 2 aromatic carbocycles. The van der Waals surface area contributed by atoms with Gasteiger partial charge < -0.3 is 10.1 Å². The minimum Gasteiger partial charge on any atom is -0.409 e. The highest BCUT2D eigenvalue weighted by Crippen LogP contribution is 2.17. The number of para-hydroxylation sites is 1. The zero-order chi connectivity index (χ0) is 15.1. The highest BCUT2D eigenvalue weighted by Gasteiger charge is 2.08.